The molecule has 0 aromatic carbocycles. The van der Waals surface area contributed by atoms with Gasteiger partial charge in [-0.1, -0.05) is 6.07 Å². The van der Waals surface area contributed by atoms with Crippen LogP contribution in [0.5, 0.6) is 0 Å². The van der Waals surface area contributed by atoms with Gasteiger partial charge in [0.2, 0.25) is 0 Å². The number of aromatic nitrogens is 1. The fourth-order valence-electron chi connectivity index (χ4n) is 2.44. The van der Waals surface area contributed by atoms with Gasteiger partial charge in [0.15, 0.2) is 0 Å². The number of nitrogens with zero attached hydrogens (tertiary/aromatic N) is 4. The molecule has 21 heavy (non-hydrogen) atoms. The molecule has 0 aliphatic carbocycles. The summed E-state index contributed by atoms with van der Waals surface area (Å²) in [5.41, 5.74) is 0.446. The van der Waals surface area contributed by atoms with Gasteiger partial charge in [-0.15, -0.1) is 0 Å². The molecule has 1 aromatic heterocycles. The molecule has 0 spiro atoms. The summed E-state index contributed by atoms with van der Waals surface area (Å²) in [7, 11) is 2.11. The molecule has 6 heteroatoms. The van der Waals surface area contributed by atoms with Crippen molar-refractivity contribution in [3.8, 4) is 0 Å². The molecule has 1 aliphatic rings. The molecule has 0 saturated carbocycles. The zero-order valence-corrected chi connectivity index (χ0v) is 12.8. The predicted octanol–water partition coefficient (Wildman–Crippen LogP) is 0.288. The Bertz CT molecular complexity index is 472. The Morgan fingerprint density at radius 2 is 2.05 bits per heavy atom. The van der Waals surface area contributed by atoms with Gasteiger partial charge in [-0.05, 0) is 26.1 Å². The first-order chi connectivity index (χ1) is 10.2. The van der Waals surface area contributed by atoms with Gasteiger partial charge in [-0.2, -0.15) is 0 Å². The van der Waals surface area contributed by atoms with Crippen LogP contribution in [0.3, 0.4) is 0 Å². The normalized spacial score (nSPS) is 16.0. The number of aliphatic hydroxyl groups is 1. The summed E-state index contributed by atoms with van der Waals surface area (Å²) in [6.45, 7) is 6.65. The van der Waals surface area contributed by atoms with Crippen molar-refractivity contribution < 1.29 is 9.90 Å². The molecular formula is C15H24N4O2. The van der Waals surface area contributed by atoms with Crippen LogP contribution in [0.1, 0.15) is 17.4 Å². The number of anilines is 1. The summed E-state index contributed by atoms with van der Waals surface area (Å²) in [5, 5.41) is 9.02. The van der Waals surface area contributed by atoms with Crippen molar-refractivity contribution in [3.63, 3.8) is 0 Å². The highest BCUT2D eigenvalue weighted by Gasteiger charge is 2.19. The van der Waals surface area contributed by atoms with Gasteiger partial charge in [0.25, 0.3) is 5.91 Å². The molecule has 6 nitrogen and oxygen atoms in total. The molecule has 0 atom stereocenters. The number of hydrogen-bond donors (Lipinski definition) is 1. The van der Waals surface area contributed by atoms with Gasteiger partial charge in [0.1, 0.15) is 11.5 Å². The molecule has 1 fully saturated rings. The topological polar surface area (TPSA) is 59.9 Å². The standard InChI is InChI=1S/C15H24N4O2/c1-3-18(11-12-20)15(21)13-5-4-6-14(16-13)19-9-7-17(2)8-10-19/h4-6,20H,3,7-12H2,1-2H3. The first-order valence-corrected chi connectivity index (χ1v) is 7.46. The van der Waals surface area contributed by atoms with Crippen LogP contribution in [-0.2, 0) is 0 Å². The number of carbonyl (C=O) groups is 1. The van der Waals surface area contributed by atoms with Crippen LogP contribution in [0.2, 0.25) is 0 Å². The number of carbonyl (C=O) groups excluding carboxylic acids is 1. The molecule has 116 valence electrons. The van der Waals surface area contributed by atoms with Gasteiger partial charge < -0.3 is 19.8 Å². The summed E-state index contributed by atoms with van der Waals surface area (Å²) in [6, 6.07) is 5.56. The maximum absolute atomic E-state index is 12.4. The SMILES string of the molecule is CCN(CCO)C(=O)c1cccc(N2CCN(C)CC2)n1. The second kappa shape index (κ2) is 7.38. The quantitative estimate of drug-likeness (QED) is 0.845. The minimum Gasteiger partial charge on any atom is -0.395 e. The highest BCUT2D eigenvalue weighted by molar-refractivity contribution is 5.92. The van der Waals surface area contributed by atoms with Crippen LogP contribution in [0.15, 0.2) is 18.2 Å². The van der Waals surface area contributed by atoms with Crippen molar-refractivity contribution in [1.82, 2.24) is 14.8 Å². The largest absolute Gasteiger partial charge is 0.395 e. The zero-order chi connectivity index (χ0) is 15.2. The Hall–Kier alpha value is -1.66. The maximum Gasteiger partial charge on any atom is 0.272 e. The minimum absolute atomic E-state index is 0.0300. The Morgan fingerprint density at radius 1 is 1.33 bits per heavy atom. The van der Waals surface area contributed by atoms with E-state index >= 15 is 0 Å². The van der Waals surface area contributed by atoms with E-state index in [0.29, 0.717) is 18.8 Å². The smallest absolute Gasteiger partial charge is 0.272 e. The van der Waals surface area contributed by atoms with E-state index in [0.717, 1.165) is 32.0 Å². The number of amides is 1. The average Bonchev–Trinajstić information content (AvgIpc) is 2.53. The Labute approximate surface area is 126 Å². The summed E-state index contributed by atoms with van der Waals surface area (Å²) < 4.78 is 0. The van der Waals surface area contributed by atoms with E-state index in [1.807, 2.05) is 19.1 Å². The van der Waals surface area contributed by atoms with Crippen LogP contribution in [0, 0.1) is 0 Å². The number of aliphatic hydroxyl groups excluding tert-OH is 1. The Kier molecular flexibility index (Phi) is 5.52. The fourth-order valence-corrected chi connectivity index (χ4v) is 2.44. The van der Waals surface area contributed by atoms with Gasteiger partial charge in [0.05, 0.1) is 6.61 Å². The van der Waals surface area contributed by atoms with Crippen molar-refractivity contribution in [3.05, 3.63) is 23.9 Å². The fraction of sp³-hybridized carbons (Fsp3) is 0.600. The van der Waals surface area contributed by atoms with E-state index in [4.69, 9.17) is 5.11 Å². The third kappa shape index (κ3) is 3.92. The number of likely N-dealkylation sites (N-methyl/N-ethyl adjacent to an activating group) is 2. The molecule has 0 radical (unpaired) electrons. The first kappa shape index (κ1) is 15.7. The lowest BCUT2D eigenvalue weighted by Gasteiger charge is -2.33. The second-order valence-electron chi connectivity index (χ2n) is 5.28. The van der Waals surface area contributed by atoms with Crippen molar-refractivity contribution in [2.24, 2.45) is 0 Å². The highest BCUT2D eigenvalue weighted by atomic mass is 16.3. The second-order valence-corrected chi connectivity index (χ2v) is 5.28. The van der Waals surface area contributed by atoms with E-state index in [9.17, 15) is 4.79 Å². The molecule has 0 bridgehead atoms. The summed E-state index contributed by atoms with van der Waals surface area (Å²) in [4.78, 5) is 23.0. The lowest BCUT2D eigenvalue weighted by Crippen LogP contribution is -2.45. The molecular weight excluding hydrogens is 268 g/mol. The van der Waals surface area contributed by atoms with Gasteiger partial charge in [-0.3, -0.25) is 4.79 Å². The number of pyridine rings is 1. The monoisotopic (exact) mass is 292 g/mol. The molecule has 2 rings (SSSR count). The van der Waals surface area contributed by atoms with Crippen LogP contribution in [0.25, 0.3) is 0 Å². The van der Waals surface area contributed by atoms with E-state index < -0.39 is 0 Å². The van der Waals surface area contributed by atoms with Gasteiger partial charge in [0, 0.05) is 39.3 Å². The molecule has 2 heterocycles. The lowest BCUT2D eigenvalue weighted by atomic mass is 10.2. The van der Waals surface area contributed by atoms with Gasteiger partial charge in [-0.25, -0.2) is 4.98 Å². The summed E-state index contributed by atoms with van der Waals surface area (Å²) >= 11 is 0. The van der Waals surface area contributed by atoms with Crippen LogP contribution in [0.4, 0.5) is 5.82 Å². The number of rotatable bonds is 5. The maximum atomic E-state index is 12.4. The van der Waals surface area contributed by atoms with Crippen LogP contribution < -0.4 is 4.90 Å². The molecule has 1 amide bonds. The Balaban J connectivity index is 2.11. The number of piperazine rings is 1. The molecule has 1 N–H and O–H groups in total. The van der Waals surface area contributed by atoms with Crippen molar-refractivity contribution in [1.29, 1.82) is 0 Å². The molecule has 1 aromatic rings. The first-order valence-electron chi connectivity index (χ1n) is 7.46. The lowest BCUT2D eigenvalue weighted by molar-refractivity contribution is 0.0726. The number of hydrogen-bond acceptors (Lipinski definition) is 5. The Morgan fingerprint density at radius 3 is 2.67 bits per heavy atom. The third-order valence-corrected chi connectivity index (χ3v) is 3.82. The molecule has 1 aliphatic heterocycles. The van der Waals surface area contributed by atoms with Crippen molar-refractivity contribution >= 4 is 11.7 Å². The van der Waals surface area contributed by atoms with Crippen LogP contribution >= 0.6 is 0 Å². The molecule has 1 saturated heterocycles. The highest BCUT2D eigenvalue weighted by Crippen LogP contribution is 2.14. The van der Waals surface area contributed by atoms with E-state index in [1.165, 1.54) is 0 Å². The third-order valence-electron chi connectivity index (χ3n) is 3.82. The van der Waals surface area contributed by atoms with E-state index in [2.05, 4.69) is 21.8 Å². The summed E-state index contributed by atoms with van der Waals surface area (Å²) in [5.74, 6) is 0.733. The van der Waals surface area contributed by atoms with Crippen molar-refractivity contribution in [2.75, 3.05) is 57.8 Å². The summed E-state index contributed by atoms with van der Waals surface area (Å²) in [6.07, 6.45) is 0. The predicted molar refractivity (Wildman–Crippen MR) is 82.6 cm³/mol. The van der Waals surface area contributed by atoms with Crippen molar-refractivity contribution in [2.45, 2.75) is 6.92 Å². The molecule has 0 unspecified atom stereocenters. The minimum atomic E-state index is -0.123. The van der Waals surface area contributed by atoms with E-state index in [1.54, 1.807) is 11.0 Å². The van der Waals surface area contributed by atoms with E-state index in [-0.39, 0.29) is 12.5 Å². The van der Waals surface area contributed by atoms with Gasteiger partial charge >= 0.3 is 0 Å². The average molecular weight is 292 g/mol. The van der Waals surface area contributed by atoms with Crippen LogP contribution in [-0.4, -0.2) is 78.7 Å². The zero-order valence-electron chi connectivity index (χ0n) is 12.8.